The molecule has 1 aliphatic rings. The number of benzene rings is 1. The number of nitriles is 1. The van der Waals surface area contributed by atoms with Crippen molar-refractivity contribution in [2.45, 2.75) is 25.1 Å². The summed E-state index contributed by atoms with van der Waals surface area (Å²) in [7, 11) is 0. The number of carbonyl (C=O) groups is 2. The van der Waals surface area contributed by atoms with Gasteiger partial charge in [0.2, 0.25) is 5.69 Å². The van der Waals surface area contributed by atoms with Gasteiger partial charge in [0.05, 0.1) is 11.6 Å². The Morgan fingerprint density at radius 3 is 2.23 bits per heavy atom. The Morgan fingerprint density at radius 2 is 1.77 bits per heavy atom. The van der Waals surface area contributed by atoms with Crippen molar-refractivity contribution in [2.24, 2.45) is 0 Å². The first-order valence-corrected chi connectivity index (χ1v) is 8.48. The number of aromatic nitrogens is 3. The number of nitrogens with one attached hydrogen (secondary N) is 1. The molecule has 0 atom stereocenters. The van der Waals surface area contributed by atoms with Crippen molar-refractivity contribution >= 4 is 17.6 Å². The second kappa shape index (κ2) is 9.59. The minimum absolute atomic E-state index is 0.0364. The van der Waals surface area contributed by atoms with Gasteiger partial charge < -0.3 is 19.8 Å². The smallest absolute Gasteiger partial charge is 0.476 e. The molecule has 0 radical (unpaired) electrons. The summed E-state index contributed by atoms with van der Waals surface area (Å²) in [6.07, 6.45) is -3.66. The summed E-state index contributed by atoms with van der Waals surface area (Å²) < 4.78 is 37.4. The van der Waals surface area contributed by atoms with Gasteiger partial charge in [-0.3, -0.25) is 0 Å². The molecule has 0 spiro atoms. The summed E-state index contributed by atoms with van der Waals surface area (Å²) in [5.41, 5.74) is 1.58. The number of halogens is 3. The van der Waals surface area contributed by atoms with Crippen LogP contribution in [0.1, 0.15) is 28.9 Å². The predicted molar refractivity (Wildman–Crippen MR) is 94.1 cm³/mol. The van der Waals surface area contributed by atoms with Crippen LogP contribution < -0.4 is 9.64 Å². The second-order valence-corrected chi connectivity index (χ2v) is 6.06. The number of hydrogen-bond acceptors (Lipinski definition) is 7. The molecule has 30 heavy (non-hydrogen) atoms. The van der Waals surface area contributed by atoms with E-state index < -0.39 is 18.1 Å². The van der Waals surface area contributed by atoms with E-state index in [4.69, 9.17) is 25.0 Å². The summed E-state index contributed by atoms with van der Waals surface area (Å²) in [4.78, 5) is 22.1. The average molecular weight is 427 g/mol. The first-order valence-electron chi connectivity index (χ1n) is 8.48. The predicted octanol–water partition coefficient (Wildman–Crippen LogP) is 2.06. The fourth-order valence-corrected chi connectivity index (χ4v) is 2.58. The fraction of sp³-hybridized carbons (Fsp3) is 0.353. The SMILES string of the molecule is N#Cc1ccc(N2CCC(Oc3nn[nH]c3C(=O)O)CC2)cc1.O=C(O)C(F)(F)F. The average Bonchev–Trinajstić information content (AvgIpc) is 3.17. The summed E-state index contributed by atoms with van der Waals surface area (Å²) in [6.45, 7) is 1.58. The standard InChI is InChI=1S/C15H15N5O3.C2HF3O2/c16-9-10-1-3-11(4-2-10)20-7-5-12(6-8-20)23-14-13(15(21)22)17-19-18-14;3-2(4,5)1(6)7/h1-4,12H,5-8H2,(H,21,22)(H,17,18,19);(H,6,7). The molecule has 0 amide bonds. The molecule has 0 saturated carbocycles. The maximum Gasteiger partial charge on any atom is 0.490 e. The van der Waals surface area contributed by atoms with E-state index in [1.54, 1.807) is 12.1 Å². The molecule has 10 nitrogen and oxygen atoms in total. The lowest BCUT2D eigenvalue weighted by atomic mass is 10.1. The third-order valence-corrected chi connectivity index (χ3v) is 4.05. The van der Waals surface area contributed by atoms with E-state index in [0.717, 1.165) is 31.6 Å². The first kappa shape index (κ1) is 22.5. The number of H-pyrrole nitrogens is 1. The Balaban J connectivity index is 0.000000396. The lowest BCUT2D eigenvalue weighted by Crippen LogP contribution is -2.38. The molecule has 0 aliphatic carbocycles. The highest BCUT2D eigenvalue weighted by atomic mass is 19.4. The molecule has 2 aromatic rings. The van der Waals surface area contributed by atoms with E-state index in [-0.39, 0.29) is 17.7 Å². The van der Waals surface area contributed by atoms with Crippen molar-refractivity contribution in [3.63, 3.8) is 0 Å². The van der Waals surface area contributed by atoms with Crippen LogP contribution in [0.3, 0.4) is 0 Å². The van der Waals surface area contributed by atoms with Crippen molar-refractivity contribution in [3.8, 4) is 11.9 Å². The van der Waals surface area contributed by atoms with Gasteiger partial charge in [-0.2, -0.15) is 18.4 Å². The minimum atomic E-state index is -5.08. The van der Waals surface area contributed by atoms with Gasteiger partial charge in [0, 0.05) is 31.6 Å². The van der Waals surface area contributed by atoms with E-state index in [1.165, 1.54) is 0 Å². The van der Waals surface area contributed by atoms with Crippen LogP contribution in [-0.4, -0.2) is 62.9 Å². The molecule has 1 aromatic carbocycles. The highest BCUT2D eigenvalue weighted by molar-refractivity contribution is 5.87. The van der Waals surface area contributed by atoms with Gasteiger partial charge in [0.15, 0.2) is 0 Å². The number of aliphatic carboxylic acids is 1. The first-order chi connectivity index (χ1) is 14.1. The Morgan fingerprint density at radius 1 is 1.20 bits per heavy atom. The molecule has 160 valence electrons. The number of aromatic carboxylic acids is 1. The van der Waals surface area contributed by atoms with Crippen LogP contribution in [0.2, 0.25) is 0 Å². The van der Waals surface area contributed by atoms with Crippen LogP contribution in [0.25, 0.3) is 0 Å². The van der Waals surface area contributed by atoms with Crippen LogP contribution in [0, 0.1) is 11.3 Å². The van der Waals surface area contributed by atoms with Crippen LogP contribution in [0.5, 0.6) is 5.88 Å². The van der Waals surface area contributed by atoms with E-state index in [1.807, 2.05) is 12.1 Å². The number of rotatable bonds is 4. The summed E-state index contributed by atoms with van der Waals surface area (Å²) in [6, 6.07) is 9.56. The molecular formula is C17H16F3N5O5. The lowest BCUT2D eigenvalue weighted by molar-refractivity contribution is -0.192. The number of carboxylic acid groups (broad SMARTS) is 2. The topological polar surface area (TPSA) is 152 Å². The minimum Gasteiger partial charge on any atom is -0.476 e. The maximum absolute atomic E-state index is 11.0. The van der Waals surface area contributed by atoms with Gasteiger partial charge in [0.1, 0.15) is 6.10 Å². The molecular weight excluding hydrogens is 411 g/mol. The third-order valence-electron chi connectivity index (χ3n) is 4.05. The van der Waals surface area contributed by atoms with Gasteiger partial charge in [-0.15, -0.1) is 0 Å². The van der Waals surface area contributed by atoms with E-state index in [2.05, 4.69) is 26.4 Å². The summed E-state index contributed by atoms with van der Waals surface area (Å²) in [5, 5.41) is 34.4. The number of nitrogens with zero attached hydrogens (tertiary/aromatic N) is 4. The van der Waals surface area contributed by atoms with Crippen LogP contribution in [0.15, 0.2) is 24.3 Å². The molecule has 3 N–H and O–H groups in total. The largest absolute Gasteiger partial charge is 0.490 e. The second-order valence-electron chi connectivity index (χ2n) is 6.06. The molecule has 0 bridgehead atoms. The molecule has 3 rings (SSSR count). The number of piperidine rings is 1. The quantitative estimate of drug-likeness (QED) is 0.665. The van der Waals surface area contributed by atoms with Crippen molar-refractivity contribution < 1.29 is 37.7 Å². The highest BCUT2D eigenvalue weighted by Crippen LogP contribution is 2.23. The van der Waals surface area contributed by atoms with Crippen molar-refractivity contribution in [1.29, 1.82) is 5.26 Å². The number of alkyl halides is 3. The summed E-state index contributed by atoms with van der Waals surface area (Å²) in [5.74, 6) is -3.86. The number of anilines is 1. The molecule has 1 aromatic heterocycles. The van der Waals surface area contributed by atoms with E-state index in [9.17, 15) is 18.0 Å². The van der Waals surface area contributed by atoms with Gasteiger partial charge in [-0.1, -0.05) is 10.3 Å². The number of ether oxygens (including phenoxy) is 1. The van der Waals surface area contributed by atoms with Crippen LogP contribution in [0.4, 0.5) is 18.9 Å². The molecule has 2 heterocycles. The third kappa shape index (κ3) is 6.09. The summed E-state index contributed by atoms with van der Waals surface area (Å²) >= 11 is 0. The van der Waals surface area contributed by atoms with Crippen LogP contribution >= 0.6 is 0 Å². The number of hydrogen-bond donors (Lipinski definition) is 3. The van der Waals surface area contributed by atoms with E-state index in [0.29, 0.717) is 5.56 Å². The molecule has 0 unspecified atom stereocenters. The molecule has 1 aliphatic heterocycles. The zero-order valence-corrected chi connectivity index (χ0v) is 15.3. The Kier molecular flexibility index (Phi) is 7.18. The Labute approximate surface area is 167 Å². The molecule has 1 fully saturated rings. The normalized spacial score (nSPS) is 14.3. The number of carboxylic acids is 2. The highest BCUT2D eigenvalue weighted by Gasteiger charge is 2.38. The van der Waals surface area contributed by atoms with Crippen molar-refractivity contribution in [1.82, 2.24) is 15.4 Å². The molecule has 1 saturated heterocycles. The van der Waals surface area contributed by atoms with Gasteiger partial charge in [-0.05, 0) is 24.3 Å². The Hall–Kier alpha value is -3.82. The Bertz CT molecular complexity index is 915. The zero-order valence-electron chi connectivity index (χ0n) is 15.3. The van der Waals surface area contributed by atoms with Gasteiger partial charge in [-0.25, -0.2) is 14.7 Å². The monoisotopic (exact) mass is 427 g/mol. The van der Waals surface area contributed by atoms with Crippen LogP contribution in [-0.2, 0) is 4.79 Å². The molecule has 13 heteroatoms. The van der Waals surface area contributed by atoms with Gasteiger partial charge in [0.25, 0.3) is 5.88 Å². The lowest BCUT2D eigenvalue weighted by Gasteiger charge is -2.33. The maximum atomic E-state index is 11.0. The fourth-order valence-electron chi connectivity index (χ4n) is 2.58. The van der Waals surface area contributed by atoms with E-state index >= 15 is 0 Å². The zero-order chi connectivity index (χ0) is 22.3. The van der Waals surface area contributed by atoms with Gasteiger partial charge >= 0.3 is 18.1 Å². The van der Waals surface area contributed by atoms with Crippen molar-refractivity contribution in [2.75, 3.05) is 18.0 Å². The number of aromatic amines is 1. The van der Waals surface area contributed by atoms with Crippen molar-refractivity contribution in [3.05, 3.63) is 35.5 Å².